The lowest BCUT2D eigenvalue weighted by Crippen LogP contribution is -2.11. The summed E-state index contributed by atoms with van der Waals surface area (Å²) in [6.07, 6.45) is 0. The third kappa shape index (κ3) is 4.90. The highest BCUT2D eigenvalue weighted by atomic mass is 15.1. The van der Waals surface area contributed by atoms with Crippen LogP contribution in [-0.4, -0.2) is 0 Å². The lowest BCUT2D eigenvalue weighted by molar-refractivity contribution is 1.28. The Bertz CT molecular complexity index is 1930. The largest absolute Gasteiger partial charge is 0.310 e. The van der Waals surface area contributed by atoms with Gasteiger partial charge in [0.25, 0.3) is 0 Å². The number of benzene rings is 7. The first-order valence-corrected chi connectivity index (χ1v) is 14.0. The first-order chi connectivity index (χ1) is 20.3. The molecular formula is C40H29N. The molecule has 0 aliphatic rings. The fourth-order valence-electron chi connectivity index (χ4n) is 5.70. The molecule has 0 saturated carbocycles. The van der Waals surface area contributed by atoms with Crippen LogP contribution in [0.15, 0.2) is 176 Å². The highest BCUT2D eigenvalue weighted by molar-refractivity contribution is 5.98. The molecule has 1 heteroatoms. The van der Waals surface area contributed by atoms with Crippen LogP contribution in [0.1, 0.15) is 0 Å². The van der Waals surface area contributed by atoms with E-state index < -0.39 is 0 Å². The molecule has 194 valence electrons. The van der Waals surface area contributed by atoms with E-state index in [4.69, 9.17) is 0 Å². The topological polar surface area (TPSA) is 3.24 Å². The Labute approximate surface area is 241 Å². The van der Waals surface area contributed by atoms with Crippen LogP contribution < -0.4 is 4.90 Å². The van der Waals surface area contributed by atoms with Gasteiger partial charge in [0.2, 0.25) is 0 Å². The molecule has 41 heavy (non-hydrogen) atoms. The average Bonchev–Trinajstić information content (AvgIpc) is 3.06. The van der Waals surface area contributed by atoms with Crippen molar-refractivity contribution in [3.63, 3.8) is 0 Å². The summed E-state index contributed by atoms with van der Waals surface area (Å²) in [6.45, 7) is 0. The first kappa shape index (κ1) is 24.6. The van der Waals surface area contributed by atoms with E-state index in [1.807, 2.05) is 0 Å². The Morgan fingerprint density at radius 3 is 1.71 bits per heavy atom. The van der Waals surface area contributed by atoms with Gasteiger partial charge in [0.15, 0.2) is 0 Å². The van der Waals surface area contributed by atoms with Crippen molar-refractivity contribution >= 4 is 27.8 Å². The van der Waals surface area contributed by atoms with Crippen LogP contribution in [0.3, 0.4) is 0 Å². The van der Waals surface area contributed by atoms with Gasteiger partial charge < -0.3 is 4.90 Å². The van der Waals surface area contributed by atoms with E-state index in [9.17, 15) is 0 Å². The Balaban J connectivity index is 1.39. The smallest absolute Gasteiger partial charge is 0.0540 e. The minimum Gasteiger partial charge on any atom is -0.310 e. The van der Waals surface area contributed by atoms with E-state index in [0.29, 0.717) is 0 Å². The molecule has 0 heterocycles. The number of hydrogen-bond donors (Lipinski definition) is 0. The second-order valence-corrected chi connectivity index (χ2v) is 10.2. The fourth-order valence-corrected chi connectivity index (χ4v) is 5.70. The normalized spacial score (nSPS) is 10.9. The van der Waals surface area contributed by atoms with Gasteiger partial charge in [0.05, 0.1) is 5.69 Å². The maximum atomic E-state index is 2.37. The Kier molecular flexibility index (Phi) is 6.61. The number of fused-ring (bicyclic) bond motifs is 1. The van der Waals surface area contributed by atoms with E-state index in [1.165, 1.54) is 44.2 Å². The summed E-state index contributed by atoms with van der Waals surface area (Å²) < 4.78 is 0. The Morgan fingerprint density at radius 2 is 0.854 bits per heavy atom. The van der Waals surface area contributed by atoms with Crippen LogP contribution in [0.2, 0.25) is 0 Å². The van der Waals surface area contributed by atoms with Gasteiger partial charge in [-0.1, -0.05) is 140 Å². The van der Waals surface area contributed by atoms with Crippen molar-refractivity contribution in [3.05, 3.63) is 176 Å². The Morgan fingerprint density at radius 1 is 0.317 bits per heavy atom. The van der Waals surface area contributed by atoms with E-state index in [2.05, 4.69) is 181 Å². The quantitative estimate of drug-likeness (QED) is 0.209. The number of anilines is 3. The van der Waals surface area contributed by atoms with Crippen LogP contribution in [0.4, 0.5) is 17.1 Å². The van der Waals surface area contributed by atoms with Crippen LogP contribution in [0.5, 0.6) is 0 Å². The highest BCUT2D eigenvalue weighted by Gasteiger charge is 2.18. The molecule has 0 N–H and O–H groups in total. The van der Waals surface area contributed by atoms with Crippen molar-refractivity contribution in [2.24, 2.45) is 0 Å². The summed E-state index contributed by atoms with van der Waals surface area (Å²) in [7, 11) is 0. The second kappa shape index (κ2) is 11.0. The minimum absolute atomic E-state index is 1.12. The number of hydrogen-bond acceptors (Lipinski definition) is 1. The molecule has 0 spiro atoms. The van der Waals surface area contributed by atoms with Gasteiger partial charge in [-0.15, -0.1) is 0 Å². The van der Waals surface area contributed by atoms with Crippen molar-refractivity contribution in [1.29, 1.82) is 0 Å². The third-order valence-electron chi connectivity index (χ3n) is 7.65. The molecule has 0 aromatic heterocycles. The molecule has 7 aromatic carbocycles. The average molecular weight is 524 g/mol. The predicted octanol–water partition coefficient (Wildman–Crippen LogP) is 11.3. The van der Waals surface area contributed by atoms with E-state index in [1.54, 1.807) is 0 Å². The van der Waals surface area contributed by atoms with Crippen LogP contribution in [0.25, 0.3) is 44.2 Å². The van der Waals surface area contributed by atoms with Crippen molar-refractivity contribution in [1.82, 2.24) is 0 Å². The Hall–Kier alpha value is -5.40. The van der Waals surface area contributed by atoms with Crippen molar-refractivity contribution in [2.45, 2.75) is 0 Å². The molecule has 1 nitrogen and oxygen atoms in total. The van der Waals surface area contributed by atoms with Crippen LogP contribution in [0, 0.1) is 0 Å². The zero-order valence-electron chi connectivity index (χ0n) is 22.7. The van der Waals surface area contributed by atoms with Gasteiger partial charge in [-0.3, -0.25) is 0 Å². The van der Waals surface area contributed by atoms with Crippen LogP contribution in [-0.2, 0) is 0 Å². The van der Waals surface area contributed by atoms with E-state index >= 15 is 0 Å². The summed E-state index contributed by atoms with van der Waals surface area (Å²) in [5, 5.41) is 2.51. The van der Waals surface area contributed by atoms with Gasteiger partial charge in [-0.25, -0.2) is 0 Å². The molecule has 0 amide bonds. The molecule has 0 aliphatic carbocycles. The predicted molar refractivity (Wildman–Crippen MR) is 175 cm³/mol. The summed E-state index contributed by atoms with van der Waals surface area (Å²) in [4.78, 5) is 2.37. The highest BCUT2D eigenvalue weighted by Crippen LogP contribution is 2.42. The second-order valence-electron chi connectivity index (χ2n) is 10.2. The lowest BCUT2D eigenvalue weighted by atomic mass is 9.96. The van der Waals surface area contributed by atoms with Crippen molar-refractivity contribution in [3.8, 4) is 33.4 Å². The monoisotopic (exact) mass is 523 g/mol. The molecule has 0 unspecified atom stereocenters. The molecule has 0 bridgehead atoms. The SMILES string of the molecule is c1ccc(-c2cccc(-c3ccccc3N(c3ccccc3)c3cccc(-c4cccc5ccccc45)c3)c2)cc1. The van der Waals surface area contributed by atoms with Gasteiger partial charge in [-0.2, -0.15) is 0 Å². The molecule has 0 atom stereocenters. The van der Waals surface area contributed by atoms with Gasteiger partial charge >= 0.3 is 0 Å². The van der Waals surface area contributed by atoms with E-state index in [-0.39, 0.29) is 0 Å². The zero-order valence-corrected chi connectivity index (χ0v) is 22.7. The zero-order chi connectivity index (χ0) is 27.4. The van der Waals surface area contributed by atoms with Gasteiger partial charge in [0, 0.05) is 16.9 Å². The number of nitrogens with zero attached hydrogens (tertiary/aromatic N) is 1. The molecule has 7 aromatic rings. The van der Waals surface area contributed by atoms with Gasteiger partial charge in [-0.05, 0) is 75.0 Å². The molecular weight excluding hydrogens is 494 g/mol. The molecule has 0 radical (unpaired) electrons. The summed E-state index contributed by atoms with van der Waals surface area (Å²) in [5.74, 6) is 0. The molecule has 0 fully saturated rings. The lowest BCUT2D eigenvalue weighted by Gasteiger charge is -2.28. The minimum atomic E-state index is 1.12. The van der Waals surface area contributed by atoms with Crippen LogP contribution >= 0.6 is 0 Å². The standard InChI is InChI=1S/C40H29N/c1-3-14-30(15-4-1)32-18-11-19-33(28-32)39-25-9-10-27-40(39)41(35-21-5-2-6-22-35)36-23-12-20-34(29-36)38-26-13-17-31-16-7-8-24-37(31)38/h1-29H. The maximum absolute atomic E-state index is 2.37. The fraction of sp³-hybridized carbons (Fsp3) is 0. The number of rotatable bonds is 6. The van der Waals surface area contributed by atoms with Crippen molar-refractivity contribution < 1.29 is 0 Å². The third-order valence-corrected chi connectivity index (χ3v) is 7.65. The summed E-state index contributed by atoms with van der Waals surface area (Å²) in [6, 6.07) is 62.8. The van der Waals surface area contributed by atoms with E-state index in [0.717, 1.165) is 17.1 Å². The molecule has 0 aliphatic heterocycles. The van der Waals surface area contributed by atoms with Crippen molar-refractivity contribution in [2.75, 3.05) is 4.90 Å². The number of para-hydroxylation sites is 2. The first-order valence-electron chi connectivity index (χ1n) is 14.0. The summed E-state index contributed by atoms with van der Waals surface area (Å²) >= 11 is 0. The van der Waals surface area contributed by atoms with Gasteiger partial charge in [0.1, 0.15) is 0 Å². The molecule has 0 saturated heterocycles. The maximum Gasteiger partial charge on any atom is 0.0540 e. The summed E-state index contributed by atoms with van der Waals surface area (Å²) in [5.41, 5.74) is 10.6. The molecule has 7 rings (SSSR count).